The molecule has 0 saturated carbocycles. The molecule has 7 heteroatoms. The fourth-order valence-electron chi connectivity index (χ4n) is 4.75. The van der Waals surface area contributed by atoms with Gasteiger partial charge in [-0.05, 0) is 41.7 Å². The second-order valence-corrected chi connectivity index (χ2v) is 8.30. The van der Waals surface area contributed by atoms with Crippen LogP contribution in [0.15, 0.2) is 42.5 Å². The van der Waals surface area contributed by atoms with E-state index < -0.39 is 0 Å². The van der Waals surface area contributed by atoms with E-state index in [9.17, 15) is 4.79 Å². The zero-order chi connectivity index (χ0) is 22.5. The van der Waals surface area contributed by atoms with Crippen LogP contribution >= 0.6 is 0 Å². The number of piperidine rings is 1. The molecule has 0 N–H and O–H groups in total. The highest BCUT2D eigenvalue weighted by molar-refractivity contribution is 5.67. The summed E-state index contributed by atoms with van der Waals surface area (Å²) in [5, 5.41) is 0. The molecule has 1 fully saturated rings. The summed E-state index contributed by atoms with van der Waals surface area (Å²) < 4.78 is 22.4. The summed E-state index contributed by atoms with van der Waals surface area (Å²) in [5.41, 5.74) is 3.68. The van der Waals surface area contributed by atoms with Crippen LogP contribution in [0.1, 0.15) is 23.1 Å². The average Bonchev–Trinajstić information content (AvgIpc) is 2.86. The normalized spacial score (nSPS) is 21.0. The number of methoxy groups -OCH3 is 3. The van der Waals surface area contributed by atoms with Crippen molar-refractivity contribution in [2.75, 3.05) is 41.0 Å². The topological polar surface area (TPSA) is 60.5 Å². The molecular weight excluding hydrogens is 408 g/mol. The summed E-state index contributed by atoms with van der Waals surface area (Å²) in [4.78, 5) is 16.4. The maximum absolute atomic E-state index is 12.2. The largest absolute Gasteiger partial charge is 0.493 e. The molecule has 32 heavy (non-hydrogen) atoms. The molecule has 4 rings (SSSR count). The van der Waals surface area contributed by atoms with Gasteiger partial charge in [0.15, 0.2) is 11.5 Å². The number of likely N-dealkylation sites (tertiary alicyclic amines) is 1. The first-order valence-electron chi connectivity index (χ1n) is 11.1. The number of nitrogens with zero attached hydrogens (tertiary/aromatic N) is 2. The van der Waals surface area contributed by atoms with E-state index in [1.807, 2.05) is 18.2 Å². The van der Waals surface area contributed by atoms with Crippen molar-refractivity contribution in [1.29, 1.82) is 0 Å². The van der Waals surface area contributed by atoms with Crippen LogP contribution in [0.2, 0.25) is 0 Å². The quantitative estimate of drug-likeness (QED) is 0.685. The van der Waals surface area contributed by atoms with Crippen LogP contribution in [-0.2, 0) is 29.0 Å². The number of ether oxygens (including phenoxy) is 4. The maximum Gasteiger partial charge on any atom is 0.409 e. The molecular formula is C25H32N2O5. The Morgan fingerprint density at radius 1 is 1.00 bits per heavy atom. The fourth-order valence-corrected chi connectivity index (χ4v) is 4.75. The molecule has 0 spiro atoms. The van der Waals surface area contributed by atoms with E-state index in [1.165, 1.54) is 18.2 Å². The molecule has 2 aromatic carbocycles. The number of carbonyl (C=O) groups is 1. The van der Waals surface area contributed by atoms with Crippen LogP contribution in [0.3, 0.4) is 0 Å². The van der Waals surface area contributed by atoms with E-state index >= 15 is 0 Å². The molecule has 0 radical (unpaired) electrons. The van der Waals surface area contributed by atoms with Crippen molar-refractivity contribution in [2.45, 2.75) is 38.1 Å². The molecule has 0 aliphatic carbocycles. The lowest BCUT2D eigenvalue weighted by atomic mass is 9.93. The Morgan fingerprint density at radius 3 is 2.41 bits per heavy atom. The molecule has 2 heterocycles. The first kappa shape index (κ1) is 22.4. The standard InChI is InChI=1S/C25H32N2O5/c1-29-22-13-19-9-11-26(15-20(19)14-23(22)30-2)21-10-12-27(25(28)31-3)16-24(21)32-17-18-7-5-4-6-8-18/h4-8,13-14,21,24H,9-12,15-17H2,1-3H3/t21-,24-/m0/s1. The predicted octanol–water partition coefficient (Wildman–Crippen LogP) is 3.49. The molecule has 0 aromatic heterocycles. The van der Waals surface area contributed by atoms with E-state index in [2.05, 4.69) is 29.2 Å². The molecule has 1 amide bonds. The summed E-state index contributed by atoms with van der Waals surface area (Å²) in [7, 11) is 4.77. The van der Waals surface area contributed by atoms with Crippen LogP contribution in [0.4, 0.5) is 4.79 Å². The molecule has 1 saturated heterocycles. The van der Waals surface area contributed by atoms with Crippen LogP contribution in [-0.4, -0.2) is 69.0 Å². The third kappa shape index (κ3) is 4.84. The number of amides is 1. The van der Waals surface area contributed by atoms with Gasteiger partial charge in [-0.1, -0.05) is 30.3 Å². The SMILES string of the molecule is COC(=O)N1CC[C@H](N2CCc3cc(OC)c(OC)cc3C2)[C@@H](OCc2ccccc2)C1. The van der Waals surface area contributed by atoms with Gasteiger partial charge in [-0.2, -0.15) is 0 Å². The minimum Gasteiger partial charge on any atom is -0.493 e. The van der Waals surface area contributed by atoms with Crippen molar-refractivity contribution >= 4 is 6.09 Å². The summed E-state index contributed by atoms with van der Waals surface area (Å²) in [6.07, 6.45) is 1.40. The summed E-state index contributed by atoms with van der Waals surface area (Å²) in [6, 6.07) is 14.6. The van der Waals surface area contributed by atoms with Crippen molar-refractivity contribution in [3.05, 3.63) is 59.2 Å². The van der Waals surface area contributed by atoms with E-state index in [0.29, 0.717) is 19.7 Å². The van der Waals surface area contributed by atoms with Crippen molar-refractivity contribution in [3.8, 4) is 11.5 Å². The van der Waals surface area contributed by atoms with Gasteiger partial charge in [0.2, 0.25) is 0 Å². The van der Waals surface area contributed by atoms with Crippen molar-refractivity contribution < 1.29 is 23.7 Å². The van der Waals surface area contributed by atoms with Gasteiger partial charge in [-0.3, -0.25) is 4.90 Å². The van der Waals surface area contributed by atoms with E-state index in [0.717, 1.165) is 43.0 Å². The lowest BCUT2D eigenvalue weighted by Gasteiger charge is -2.44. The van der Waals surface area contributed by atoms with Gasteiger partial charge in [0.05, 0.1) is 40.6 Å². The number of rotatable bonds is 6. The lowest BCUT2D eigenvalue weighted by molar-refractivity contribution is -0.0658. The van der Waals surface area contributed by atoms with Crippen molar-refractivity contribution in [3.63, 3.8) is 0 Å². The minimum absolute atomic E-state index is 0.0928. The van der Waals surface area contributed by atoms with Gasteiger partial charge in [0.1, 0.15) is 0 Å². The summed E-state index contributed by atoms with van der Waals surface area (Å²) in [5.74, 6) is 1.53. The molecule has 7 nitrogen and oxygen atoms in total. The van der Waals surface area contributed by atoms with Crippen molar-refractivity contribution in [2.24, 2.45) is 0 Å². The third-order valence-electron chi connectivity index (χ3n) is 6.48. The lowest BCUT2D eigenvalue weighted by Crippen LogP contribution is -2.57. The highest BCUT2D eigenvalue weighted by Crippen LogP contribution is 2.35. The van der Waals surface area contributed by atoms with Gasteiger partial charge < -0.3 is 23.8 Å². The van der Waals surface area contributed by atoms with Crippen molar-refractivity contribution in [1.82, 2.24) is 9.80 Å². The second-order valence-electron chi connectivity index (χ2n) is 8.30. The summed E-state index contributed by atoms with van der Waals surface area (Å²) in [6.45, 7) is 3.48. The van der Waals surface area contributed by atoms with Gasteiger partial charge in [-0.25, -0.2) is 4.79 Å². The maximum atomic E-state index is 12.2. The molecule has 2 atom stereocenters. The smallest absolute Gasteiger partial charge is 0.409 e. The zero-order valence-corrected chi connectivity index (χ0v) is 19.1. The number of fused-ring (bicyclic) bond motifs is 1. The Morgan fingerprint density at radius 2 is 1.72 bits per heavy atom. The Kier molecular flexibility index (Phi) is 7.17. The monoisotopic (exact) mass is 440 g/mol. The van der Waals surface area contributed by atoms with Crippen LogP contribution in [0.5, 0.6) is 11.5 Å². The first-order valence-corrected chi connectivity index (χ1v) is 11.1. The third-order valence-corrected chi connectivity index (χ3v) is 6.48. The molecule has 2 aliphatic rings. The second kappa shape index (κ2) is 10.2. The zero-order valence-electron chi connectivity index (χ0n) is 19.1. The van der Waals surface area contributed by atoms with E-state index in [4.69, 9.17) is 18.9 Å². The number of hydrogen-bond acceptors (Lipinski definition) is 6. The molecule has 2 aromatic rings. The van der Waals surface area contributed by atoms with Gasteiger partial charge in [-0.15, -0.1) is 0 Å². The fraction of sp³-hybridized carbons (Fsp3) is 0.480. The highest BCUT2D eigenvalue weighted by Gasteiger charge is 2.37. The molecule has 172 valence electrons. The average molecular weight is 441 g/mol. The Bertz CT molecular complexity index is 920. The van der Waals surface area contributed by atoms with Gasteiger partial charge in [0, 0.05) is 25.7 Å². The number of hydrogen-bond donors (Lipinski definition) is 0. The Hall–Kier alpha value is -2.77. The minimum atomic E-state index is -0.294. The number of benzene rings is 2. The molecule has 0 bridgehead atoms. The molecule has 0 unspecified atom stereocenters. The Labute approximate surface area is 189 Å². The van der Waals surface area contributed by atoms with E-state index in [-0.39, 0.29) is 18.2 Å². The molecule has 2 aliphatic heterocycles. The highest BCUT2D eigenvalue weighted by atomic mass is 16.5. The van der Waals surface area contributed by atoms with Gasteiger partial charge in [0.25, 0.3) is 0 Å². The van der Waals surface area contributed by atoms with E-state index in [1.54, 1.807) is 19.1 Å². The summed E-state index contributed by atoms with van der Waals surface area (Å²) >= 11 is 0. The van der Waals surface area contributed by atoms with Gasteiger partial charge >= 0.3 is 6.09 Å². The van der Waals surface area contributed by atoms with Crippen LogP contribution in [0.25, 0.3) is 0 Å². The predicted molar refractivity (Wildman–Crippen MR) is 121 cm³/mol. The van der Waals surface area contributed by atoms with Crippen LogP contribution < -0.4 is 9.47 Å². The Balaban J connectivity index is 1.51. The first-order chi connectivity index (χ1) is 15.6. The van der Waals surface area contributed by atoms with Crippen LogP contribution in [0, 0.1) is 0 Å². The number of carbonyl (C=O) groups excluding carboxylic acids is 1.